The Morgan fingerprint density at radius 2 is 1.85 bits per heavy atom. The molecule has 6 atom stereocenters. The molecule has 1 aromatic rings. The number of carbonyl (C=O) groups is 2. The topological polar surface area (TPSA) is 142 Å². The first-order valence-electron chi connectivity index (χ1n) is 20.3. The van der Waals surface area contributed by atoms with E-state index in [9.17, 15) is 19.8 Å². The zero-order chi connectivity index (χ0) is 39.6. The Labute approximate surface area is 327 Å². The van der Waals surface area contributed by atoms with Crippen molar-refractivity contribution in [3.8, 4) is 11.5 Å². The number of benzene rings is 1. The summed E-state index contributed by atoms with van der Waals surface area (Å²) in [6.45, 7) is 16.3. The Kier molecular flexibility index (Phi) is 14.9. The number of likely N-dealkylation sites (tertiary alicyclic amines) is 1. The molecule has 5 rings (SSSR count). The van der Waals surface area contributed by atoms with Gasteiger partial charge in [0.2, 0.25) is 11.7 Å². The maximum Gasteiger partial charge on any atom is 0.317 e. The van der Waals surface area contributed by atoms with Crippen LogP contribution in [0.3, 0.4) is 0 Å². The Hall–Kier alpha value is -3.87. The van der Waals surface area contributed by atoms with Gasteiger partial charge in [-0.3, -0.25) is 4.79 Å². The molecule has 3 amide bonds. The lowest BCUT2D eigenvalue weighted by Gasteiger charge is -2.59. The Bertz CT molecular complexity index is 1560. The number of unbranched alkanes of at least 4 members (excludes halogenated alkanes) is 2. The summed E-state index contributed by atoms with van der Waals surface area (Å²) in [5.41, 5.74) is 2.16. The van der Waals surface area contributed by atoms with Crippen LogP contribution in [0.2, 0.25) is 0 Å². The van der Waals surface area contributed by atoms with Gasteiger partial charge in [0, 0.05) is 64.2 Å². The van der Waals surface area contributed by atoms with Crippen LogP contribution in [0.25, 0.3) is 0 Å². The minimum absolute atomic E-state index is 0.110. The van der Waals surface area contributed by atoms with E-state index in [0.717, 1.165) is 55.5 Å². The molecule has 0 bridgehead atoms. The lowest BCUT2D eigenvalue weighted by molar-refractivity contribution is -0.252. The molecule has 2 heterocycles. The monoisotopic (exact) mass is 764 g/mol. The standard InChI is InChI=1S/C43H64N4O8/c1-7-25-52-31-18-19-36-34(28-31)39-32(16-10-12-24-49)30(15-9-11-23-48)27-33-35(45-55-42(3,4)5)29-37(43(54-36,40(33)39)53-26-8-2)46(6)41(51)44-20-14-22-47-21-13-17-38(47)50/h7-8,18-19,27-28,30,32,37,39-40,48-49H,1-2,9-17,20-26,29H2,3-6H3,(H,44,51)/t30-,32+,37-,39+,40+,43+/m0/s1. The third kappa shape index (κ3) is 9.93. The van der Waals surface area contributed by atoms with E-state index in [4.69, 9.17) is 24.2 Å². The average Bonchev–Trinajstić information content (AvgIpc) is 3.58. The predicted octanol–water partition coefficient (Wildman–Crippen LogP) is 6.34. The quantitative estimate of drug-likeness (QED) is 0.0794. The van der Waals surface area contributed by atoms with Crippen LogP contribution in [0.1, 0.15) is 96.5 Å². The van der Waals surface area contributed by atoms with E-state index in [1.807, 2.05) is 37.8 Å². The summed E-state index contributed by atoms with van der Waals surface area (Å²) in [7, 11) is 1.78. The number of fused-ring (bicyclic) bond motifs is 2. The lowest BCUT2D eigenvalue weighted by Crippen LogP contribution is -2.70. The highest BCUT2D eigenvalue weighted by molar-refractivity contribution is 6.03. The lowest BCUT2D eigenvalue weighted by atomic mass is 9.55. The van der Waals surface area contributed by atoms with Crippen molar-refractivity contribution in [3.05, 3.63) is 60.7 Å². The Balaban J connectivity index is 1.64. The molecule has 1 aromatic carbocycles. The molecule has 3 N–H and O–H groups in total. The fourth-order valence-corrected chi connectivity index (χ4v) is 8.84. The summed E-state index contributed by atoms with van der Waals surface area (Å²) in [4.78, 5) is 36.0. The number of oxime groups is 1. The van der Waals surface area contributed by atoms with Gasteiger partial charge in [0.05, 0.1) is 18.2 Å². The summed E-state index contributed by atoms with van der Waals surface area (Å²) in [6, 6.07) is 5.00. The molecule has 2 aliphatic heterocycles. The molecule has 0 aromatic heterocycles. The highest BCUT2D eigenvalue weighted by Gasteiger charge is 2.65. The second kappa shape index (κ2) is 19.3. The number of urea groups is 1. The van der Waals surface area contributed by atoms with Crippen LogP contribution in [-0.4, -0.2) is 108 Å². The number of rotatable bonds is 20. The van der Waals surface area contributed by atoms with E-state index in [-0.39, 0.29) is 49.5 Å². The first-order valence-corrected chi connectivity index (χ1v) is 20.3. The Morgan fingerprint density at radius 1 is 1.11 bits per heavy atom. The molecule has 0 unspecified atom stereocenters. The van der Waals surface area contributed by atoms with Crippen LogP contribution in [0.4, 0.5) is 4.79 Å². The van der Waals surface area contributed by atoms with E-state index in [1.54, 1.807) is 24.1 Å². The number of allylic oxidation sites excluding steroid dienone is 1. The summed E-state index contributed by atoms with van der Waals surface area (Å²) in [5.74, 6) is -0.104. The van der Waals surface area contributed by atoms with Crippen molar-refractivity contribution in [2.24, 2.45) is 22.9 Å². The van der Waals surface area contributed by atoms with Gasteiger partial charge >= 0.3 is 6.03 Å². The molecule has 2 aliphatic carbocycles. The van der Waals surface area contributed by atoms with Gasteiger partial charge in [0.25, 0.3) is 0 Å². The van der Waals surface area contributed by atoms with Gasteiger partial charge in [-0.2, -0.15) is 0 Å². The fraction of sp³-hybridized carbons (Fsp3) is 0.651. The first kappa shape index (κ1) is 42.3. The smallest absolute Gasteiger partial charge is 0.317 e. The van der Waals surface area contributed by atoms with Crippen LogP contribution in [-0.2, 0) is 14.4 Å². The van der Waals surface area contributed by atoms with Gasteiger partial charge in [-0.1, -0.05) is 42.8 Å². The highest BCUT2D eigenvalue weighted by atomic mass is 16.7. The minimum Gasteiger partial charge on any atom is -0.490 e. The molecule has 304 valence electrons. The zero-order valence-corrected chi connectivity index (χ0v) is 33.5. The van der Waals surface area contributed by atoms with Crippen LogP contribution in [0.15, 0.2) is 60.3 Å². The average molecular weight is 765 g/mol. The van der Waals surface area contributed by atoms with Crippen LogP contribution < -0.4 is 14.8 Å². The SMILES string of the molecule is C=CCOc1ccc2c(c1)[C@H]1[C@H](CCCCO)[C@@H](CCCCO)C=C3C(=NOC(C)(C)C)C[C@H](N(C)C(=O)NCCCN4CCCC4=O)[C@@](OCC=C)(O2)[C@H]31. The summed E-state index contributed by atoms with van der Waals surface area (Å²) in [5, 5.41) is 27.6. The molecule has 0 spiro atoms. The molecule has 2 fully saturated rings. The van der Waals surface area contributed by atoms with Crippen LogP contribution >= 0.6 is 0 Å². The fourth-order valence-electron chi connectivity index (χ4n) is 8.84. The molecule has 12 heteroatoms. The molecule has 1 saturated heterocycles. The van der Waals surface area contributed by atoms with Crippen molar-refractivity contribution in [1.82, 2.24) is 15.1 Å². The second-order valence-corrected chi connectivity index (χ2v) is 16.3. The molecule has 12 nitrogen and oxygen atoms in total. The van der Waals surface area contributed by atoms with Crippen molar-refractivity contribution in [2.45, 2.75) is 108 Å². The molecule has 4 aliphatic rings. The second-order valence-electron chi connectivity index (χ2n) is 16.3. The van der Waals surface area contributed by atoms with E-state index in [1.165, 1.54) is 0 Å². The van der Waals surface area contributed by atoms with Gasteiger partial charge in [-0.15, -0.1) is 6.58 Å². The third-order valence-electron chi connectivity index (χ3n) is 11.3. The van der Waals surface area contributed by atoms with Crippen molar-refractivity contribution < 1.29 is 38.9 Å². The summed E-state index contributed by atoms with van der Waals surface area (Å²) < 4.78 is 20.2. The number of hydrogen-bond acceptors (Lipinski definition) is 9. The normalized spacial score (nSPS) is 26.4. The summed E-state index contributed by atoms with van der Waals surface area (Å²) >= 11 is 0. The van der Waals surface area contributed by atoms with E-state index < -0.39 is 23.3 Å². The largest absolute Gasteiger partial charge is 0.490 e. The number of ether oxygens (including phenoxy) is 3. The van der Waals surface area contributed by atoms with Gasteiger partial charge in [0.15, 0.2) is 0 Å². The number of carbonyl (C=O) groups excluding carboxylic acids is 2. The third-order valence-corrected chi connectivity index (χ3v) is 11.3. The number of aliphatic hydroxyl groups excluding tert-OH is 2. The van der Waals surface area contributed by atoms with E-state index >= 15 is 0 Å². The number of amides is 3. The van der Waals surface area contributed by atoms with Crippen LogP contribution in [0.5, 0.6) is 11.5 Å². The van der Waals surface area contributed by atoms with E-state index in [0.29, 0.717) is 63.3 Å². The molecular weight excluding hydrogens is 700 g/mol. The predicted molar refractivity (Wildman–Crippen MR) is 213 cm³/mol. The first-order chi connectivity index (χ1) is 26.5. The van der Waals surface area contributed by atoms with Crippen molar-refractivity contribution >= 4 is 17.6 Å². The maximum atomic E-state index is 14.1. The summed E-state index contributed by atoms with van der Waals surface area (Å²) in [6.07, 6.45) is 13.0. The highest BCUT2D eigenvalue weighted by Crippen LogP contribution is 2.61. The number of aliphatic hydroxyl groups is 2. The van der Waals surface area contributed by atoms with Gasteiger partial charge in [-0.05, 0) is 94.9 Å². The molecule has 0 radical (unpaired) electrons. The van der Waals surface area contributed by atoms with Gasteiger partial charge in [0.1, 0.15) is 29.7 Å². The van der Waals surface area contributed by atoms with Gasteiger partial charge < -0.3 is 44.4 Å². The maximum absolute atomic E-state index is 14.1. The number of nitrogens with zero attached hydrogens (tertiary/aromatic N) is 3. The number of nitrogens with one attached hydrogen (secondary N) is 1. The minimum atomic E-state index is -1.33. The molecule has 55 heavy (non-hydrogen) atoms. The van der Waals surface area contributed by atoms with E-state index in [2.05, 4.69) is 30.6 Å². The number of hydrogen-bond donors (Lipinski definition) is 3. The Morgan fingerprint density at radius 3 is 2.53 bits per heavy atom. The molecule has 1 saturated carbocycles. The van der Waals surface area contributed by atoms with Crippen molar-refractivity contribution in [2.75, 3.05) is 53.1 Å². The van der Waals surface area contributed by atoms with Crippen molar-refractivity contribution in [3.63, 3.8) is 0 Å². The van der Waals surface area contributed by atoms with Gasteiger partial charge in [-0.25, -0.2) is 4.79 Å². The van der Waals surface area contributed by atoms with Crippen LogP contribution in [0, 0.1) is 17.8 Å². The zero-order valence-electron chi connectivity index (χ0n) is 33.5. The van der Waals surface area contributed by atoms with Crippen molar-refractivity contribution in [1.29, 1.82) is 0 Å². The molecular formula is C43H64N4O8. The number of likely N-dealkylation sites (N-methyl/N-ethyl adjacent to an activating group) is 1.